The fourth-order valence-corrected chi connectivity index (χ4v) is 5.55. The van der Waals surface area contributed by atoms with Gasteiger partial charge in [-0.05, 0) is 35.2 Å². The third kappa shape index (κ3) is 4.24. The van der Waals surface area contributed by atoms with E-state index in [4.69, 9.17) is 24.2 Å². The Balaban J connectivity index is 1.26. The number of carbonyl (C=O) groups is 2. The molecule has 2 aromatic rings. The molecule has 2 amide bonds. The first-order chi connectivity index (χ1) is 15.5. The molecule has 0 saturated carbocycles. The van der Waals surface area contributed by atoms with Gasteiger partial charge < -0.3 is 4.90 Å². The second kappa shape index (κ2) is 9.02. The average molecular weight is 472 g/mol. The summed E-state index contributed by atoms with van der Waals surface area (Å²) in [5, 5.41) is 3.04. The summed E-state index contributed by atoms with van der Waals surface area (Å²) in [5.41, 5.74) is 3.71. The molecule has 3 aliphatic rings. The lowest BCUT2D eigenvalue weighted by Gasteiger charge is -2.35. The second-order valence-electron chi connectivity index (χ2n) is 8.59. The molecule has 0 radical (unpaired) electrons. The summed E-state index contributed by atoms with van der Waals surface area (Å²) >= 11 is 11.0. The summed E-state index contributed by atoms with van der Waals surface area (Å²) in [7, 11) is 0. The Hall–Kier alpha value is -2.13. The number of hydrogen-bond donors (Lipinski definition) is 2. The quantitative estimate of drug-likeness (QED) is 0.527. The Kier molecular flexibility index (Phi) is 6.11. The normalized spacial score (nSPS) is 24.5. The number of halogens is 1. The number of pyridine rings is 1. The number of fused-ring (bicyclic) bond motifs is 1. The zero-order valence-electron chi connectivity index (χ0n) is 17.7. The summed E-state index contributed by atoms with van der Waals surface area (Å²) in [5.74, 6) is 0.530. The molecule has 0 spiro atoms. The predicted octanol–water partition coefficient (Wildman–Crippen LogP) is 2.61. The van der Waals surface area contributed by atoms with Crippen molar-refractivity contribution >= 4 is 41.9 Å². The number of amides is 2. The highest BCUT2D eigenvalue weighted by atomic mass is 35.5. The van der Waals surface area contributed by atoms with Crippen molar-refractivity contribution in [2.45, 2.75) is 37.3 Å². The fourth-order valence-electron chi connectivity index (χ4n) is 4.91. The molecular weight excluding hydrogens is 446 g/mol. The van der Waals surface area contributed by atoms with Crippen LogP contribution in [0.5, 0.6) is 0 Å². The number of anilines is 1. The first-order valence-electron chi connectivity index (χ1n) is 11.0. The molecule has 0 aliphatic carbocycles. The Bertz CT molecular complexity index is 1040. The molecule has 0 bridgehead atoms. The van der Waals surface area contributed by atoms with Crippen LogP contribution in [0.2, 0.25) is 5.02 Å². The molecule has 32 heavy (non-hydrogen) atoms. The Morgan fingerprint density at radius 1 is 1.16 bits per heavy atom. The smallest absolute Gasteiger partial charge is 0.243 e. The van der Waals surface area contributed by atoms with Gasteiger partial charge in [-0.15, -0.1) is 0 Å². The van der Waals surface area contributed by atoms with Gasteiger partial charge in [0.25, 0.3) is 0 Å². The van der Waals surface area contributed by atoms with Crippen LogP contribution in [0.4, 0.5) is 5.82 Å². The van der Waals surface area contributed by atoms with Gasteiger partial charge in [0.1, 0.15) is 5.82 Å². The number of carbonyl (C=O) groups excluding carboxylic acids is 2. The van der Waals surface area contributed by atoms with Gasteiger partial charge in [-0.3, -0.25) is 24.7 Å². The first-order valence-corrected chi connectivity index (χ1v) is 11.9. The Morgan fingerprint density at radius 3 is 2.72 bits per heavy atom. The van der Waals surface area contributed by atoms with Crippen molar-refractivity contribution in [1.82, 2.24) is 20.1 Å². The molecule has 5 rings (SSSR count). The minimum atomic E-state index is -0.316. The molecule has 2 saturated heterocycles. The van der Waals surface area contributed by atoms with Gasteiger partial charge in [0, 0.05) is 56.9 Å². The monoisotopic (exact) mass is 471 g/mol. The predicted molar refractivity (Wildman–Crippen MR) is 127 cm³/mol. The number of imide groups is 1. The number of rotatable bonds is 4. The van der Waals surface area contributed by atoms with E-state index >= 15 is 0 Å². The van der Waals surface area contributed by atoms with Crippen molar-refractivity contribution in [2.75, 3.05) is 31.1 Å². The Labute approximate surface area is 198 Å². The summed E-state index contributed by atoms with van der Waals surface area (Å²) in [6.45, 7) is 5.24. The van der Waals surface area contributed by atoms with Crippen LogP contribution >= 0.6 is 24.2 Å². The van der Waals surface area contributed by atoms with E-state index in [9.17, 15) is 9.59 Å². The minimum Gasteiger partial charge on any atom is -0.354 e. The highest BCUT2D eigenvalue weighted by Crippen LogP contribution is 2.40. The number of benzene rings is 1. The molecule has 1 N–H and O–H groups in total. The van der Waals surface area contributed by atoms with Crippen LogP contribution in [0.25, 0.3) is 0 Å². The van der Waals surface area contributed by atoms with Crippen LogP contribution in [0.1, 0.15) is 34.9 Å². The molecule has 168 valence electrons. The molecule has 1 aromatic heterocycles. The average Bonchev–Trinajstić information content (AvgIpc) is 3.12. The van der Waals surface area contributed by atoms with E-state index in [-0.39, 0.29) is 23.2 Å². The molecule has 2 atom stereocenters. The van der Waals surface area contributed by atoms with Crippen molar-refractivity contribution in [2.24, 2.45) is 0 Å². The highest BCUT2D eigenvalue weighted by molar-refractivity contribution is 7.80. The molecular formula is C23H26ClN5O2S. The zero-order valence-corrected chi connectivity index (χ0v) is 19.4. The number of nitrogens with one attached hydrogen (secondary N) is 1. The van der Waals surface area contributed by atoms with Gasteiger partial charge in [-0.25, -0.2) is 4.98 Å². The van der Waals surface area contributed by atoms with Crippen molar-refractivity contribution in [3.8, 4) is 0 Å². The van der Waals surface area contributed by atoms with Crippen LogP contribution in [-0.4, -0.2) is 58.8 Å². The van der Waals surface area contributed by atoms with Crippen LogP contribution in [-0.2, 0) is 22.7 Å². The standard InChI is InChI=1S/C23H26ClN5O2S/c24-16-6-7-25-20(12-16)28-10-8-27(9-11-28)13-15-2-1-3-17-18(15)14-29(23(17)32)19-4-5-21(30)26-22(19)31/h1-3,6-7,12,19,23,32H,4-5,8-11,13-14H2,(H,26,30,31). The van der Waals surface area contributed by atoms with Gasteiger partial charge in [0.15, 0.2) is 0 Å². The van der Waals surface area contributed by atoms with E-state index in [0.717, 1.165) is 44.1 Å². The molecule has 3 aliphatic heterocycles. The Morgan fingerprint density at radius 2 is 1.97 bits per heavy atom. The van der Waals surface area contributed by atoms with E-state index in [1.54, 1.807) is 12.3 Å². The molecule has 7 nitrogen and oxygen atoms in total. The van der Waals surface area contributed by atoms with Crippen molar-refractivity contribution in [3.05, 3.63) is 58.2 Å². The van der Waals surface area contributed by atoms with Gasteiger partial charge in [-0.2, -0.15) is 12.6 Å². The summed E-state index contributed by atoms with van der Waals surface area (Å²) < 4.78 is 0. The topological polar surface area (TPSA) is 68.8 Å². The number of piperazine rings is 1. The molecule has 2 fully saturated rings. The maximum atomic E-state index is 12.4. The maximum absolute atomic E-state index is 12.4. The SMILES string of the molecule is O=C1CCC(N2Cc3c(CN4CCN(c5cc(Cl)ccn5)CC4)cccc3C2S)C(=O)N1. The fraction of sp³-hybridized carbons (Fsp3) is 0.435. The molecule has 9 heteroatoms. The van der Waals surface area contributed by atoms with Crippen molar-refractivity contribution in [1.29, 1.82) is 0 Å². The second-order valence-corrected chi connectivity index (χ2v) is 9.52. The zero-order chi connectivity index (χ0) is 22.2. The van der Waals surface area contributed by atoms with Crippen LogP contribution in [0.15, 0.2) is 36.5 Å². The number of nitrogens with zero attached hydrogens (tertiary/aromatic N) is 4. The van der Waals surface area contributed by atoms with E-state index in [0.29, 0.717) is 24.4 Å². The number of thiol groups is 1. The molecule has 1 aromatic carbocycles. The van der Waals surface area contributed by atoms with E-state index in [1.165, 1.54) is 11.1 Å². The van der Waals surface area contributed by atoms with Gasteiger partial charge >= 0.3 is 0 Å². The maximum Gasteiger partial charge on any atom is 0.243 e. The van der Waals surface area contributed by atoms with Gasteiger partial charge in [0.2, 0.25) is 11.8 Å². The van der Waals surface area contributed by atoms with Gasteiger partial charge in [0.05, 0.1) is 11.4 Å². The third-order valence-corrected chi connectivity index (χ3v) is 7.46. The lowest BCUT2D eigenvalue weighted by molar-refractivity contribution is -0.137. The van der Waals surface area contributed by atoms with E-state index in [1.807, 2.05) is 6.07 Å². The summed E-state index contributed by atoms with van der Waals surface area (Å²) in [6, 6.07) is 9.76. The van der Waals surface area contributed by atoms with Gasteiger partial charge in [-0.1, -0.05) is 29.8 Å². The molecule has 4 heterocycles. The largest absolute Gasteiger partial charge is 0.354 e. The van der Waals surface area contributed by atoms with Crippen LogP contribution in [0.3, 0.4) is 0 Å². The minimum absolute atomic E-state index is 0.139. The number of hydrogen-bond acceptors (Lipinski definition) is 7. The van der Waals surface area contributed by atoms with Crippen LogP contribution < -0.4 is 10.2 Å². The van der Waals surface area contributed by atoms with Crippen molar-refractivity contribution < 1.29 is 9.59 Å². The number of aromatic nitrogens is 1. The lowest BCUT2D eigenvalue weighted by atomic mass is 10.0. The summed E-state index contributed by atoms with van der Waals surface area (Å²) in [4.78, 5) is 35.3. The van der Waals surface area contributed by atoms with Crippen molar-refractivity contribution in [3.63, 3.8) is 0 Å². The molecule has 2 unspecified atom stereocenters. The van der Waals surface area contributed by atoms with E-state index < -0.39 is 0 Å². The lowest BCUT2D eigenvalue weighted by Crippen LogP contribution is -2.51. The number of piperidine rings is 1. The highest BCUT2D eigenvalue weighted by Gasteiger charge is 2.39. The van der Waals surface area contributed by atoms with E-state index in [2.05, 4.69) is 43.2 Å². The summed E-state index contributed by atoms with van der Waals surface area (Å²) in [6.07, 6.45) is 2.67. The first kappa shape index (κ1) is 21.7. The third-order valence-electron chi connectivity index (χ3n) is 6.65. The van der Waals surface area contributed by atoms with Crippen LogP contribution in [0, 0.1) is 0 Å².